The smallest absolute Gasteiger partial charge is 0.221 e. The van der Waals surface area contributed by atoms with E-state index in [0.29, 0.717) is 10.0 Å². The van der Waals surface area contributed by atoms with Crippen LogP contribution in [0.25, 0.3) is 11.3 Å². The highest BCUT2D eigenvalue weighted by Crippen LogP contribution is 2.30. The zero-order valence-corrected chi connectivity index (χ0v) is 15.0. The maximum atomic E-state index is 10.0. The Bertz CT molecular complexity index is 875. The van der Waals surface area contributed by atoms with Gasteiger partial charge in [0.05, 0.1) is 22.6 Å². The fourth-order valence-corrected chi connectivity index (χ4v) is 3.29. The number of halogens is 2. The largest absolute Gasteiger partial charge is 0.506 e. The summed E-state index contributed by atoms with van der Waals surface area (Å²) in [4.78, 5) is 4.30. The van der Waals surface area contributed by atoms with Crippen LogP contribution in [0.1, 0.15) is 5.56 Å². The maximum Gasteiger partial charge on any atom is 0.221 e. The SMILES string of the molecule is Nc1nc(-c2ccccc2)cn1N=Cc1cc(Br)cc(Br)c1O. The van der Waals surface area contributed by atoms with E-state index in [1.165, 1.54) is 10.9 Å². The van der Waals surface area contributed by atoms with Crippen LogP contribution in [0, 0.1) is 0 Å². The second kappa shape index (κ2) is 6.55. The molecule has 23 heavy (non-hydrogen) atoms. The van der Waals surface area contributed by atoms with E-state index in [9.17, 15) is 5.11 Å². The van der Waals surface area contributed by atoms with Gasteiger partial charge in [-0.05, 0) is 28.1 Å². The van der Waals surface area contributed by atoms with E-state index in [1.807, 2.05) is 30.3 Å². The minimum absolute atomic E-state index is 0.110. The Kier molecular flexibility index (Phi) is 4.49. The van der Waals surface area contributed by atoms with E-state index in [-0.39, 0.29) is 11.7 Å². The summed E-state index contributed by atoms with van der Waals surface area (Å²) in [6, 6.07) is 13.2. The van der Waals surface area contributed by atoms with Crippen molar-refractivity contribution in [3.63, 3.8) is 0 Å². The first-order chi connectivity index (χ1) is 11.0. The van der Waals surface area contributed by atoms with E-state index in [2.05, 4.69) is 41.9 Å². The molecule has 0 atom stereocenters. The van der Waals surface area contributed by atoms with Crippen molar-refractivity contribution >= 4 is 44.0 Å². The molecule has 3 rings (SSSR count). The third-order valence-electron chi connectivity index (χ3n) is 3.16. The number of hydrogen-bond acceptors (Lipinski definition) is 4. The van der Waals surface area contributed by atoms with Crippen molar-refractivity contribution in [3.8, 4) is 17.0 Å². The Hall–Kier alpha value is -2.12. The molecule has 0 radical (unpaired) electrons. The Morgan fingerprint density at radius 2 is 1.91 bits per heavy atom. The van der Waals surface area contributed by atoms with Gasteiger partial charge in [0.25, 0.3) is 0 Å². The molecule has 0 bridgehead atoms. The highest BCUT2D eigenvalue weighted by Gasteiger charge is 2.08. The highest BCUT2D eigenvalue weighted by atomic mass is 79.9. The molecule has 2 aromatic carbocycles. The third kappa shape index (κ3) is 3.46. The number of nitrogens with two attached hydrogens (primary N) is 1. The summed E-state index contributed by atoms with van der Waals surface area (Å²) in [6.45, 7) is 0. The van der Waals surface area contributed by atoms with Crippen molar-refractivity contribution < 1.29 is 5.11 Å². The Balaban J connectivity index is 1.94. The molecule has 1 aromatic heterocycles. The minimum atomic E-state index is 0.110. The Morgan fingerprint density at radius 3 is 2.65 bits per heavy atom. The molecular weight excluding hydrogens is 424 g/mol. The molecule has 0 saturated heterocycles. The standard InChI is InChI=1S/C16H12Br2N4O/c17-12-6-11(15(23)13(18)7-12)8-20-22-9-14(21-16(22)19)10-4-2-1-3-5-10/h1-9,23H,(H2,19,21). The van der Waals surface area contributed by atoms with Crippen molar-refractivity contribution in [2.75, 3.05) is 5.73 Å². The van der Waals surface area contributed by atoms with E-state index in [1.54, 1.807) is 18.3 Å². The highest BCUT2D eigenvalue weighted by molar-refractivity contribution is 9.11. The normalized spacial score (nSPS) is 11.2. The molecule has 0 unspecified atom stereocenters. The number of nitrogen functional groups attached to an aromatic ring is 1. The predicted molar refractivity (Wildman–Crippen MR) is 98.6 cm³/mol. The molecule has 0 aliphatic heterocycles. The summed E-state index contributed by atoms with van der Waals surface area (Å²) >= 11 is 6.66. The first kappa shape index (κ1) is 15.8. The number of nitrogens with zero attached hydrogens (tertiary/aromatic N) is 3. The lowest BCUT2D eigenvalue weighted by Gasteiger charge is -2.03. The number of imidazole rings is 1. The van der Waals surface area contributed by atoms with Crippen LogP contribution in [-0.4, -0.2) is 21.0 Å². The van der Waals surface area contributed by atoms with Gasteiger partial charge in [-0.3, -0.25) is 0 Å². The van der Waals surface area contributed by atoms with Gasteiger partial charge in [0, 0.05) is 15.6 Å². The van der Waals surface area contributed by atoms with Crippen LogP contribution in [0.2, 0.25) is 0 Å². The van der Waals surface area contributed by atoms with Gasteiger partial charge in [0.2, 0.25) is 5.95 Å². The van der Waals surface area contributed by atoms with Gasteiger partial charge in [-0.2, -0.15) is 5.10 Å². The average molecular weight is 436 g/mol. The summed E-state index contributed by atoms with van der Waals surface area (Å²) in [5, 5.41) is 14.3. The minimum Gasteiger partial charge on any atom is -0.506 e. The average Bonchev–Trinajstić information content (AvgIpc) is 2.91. The van der Waals surface area contributed by atoms with Gasteiger partial charge in [-0.25, -0.2) is 9.66 Å². The van der Waals surface area contributed by atoms with Crippen molar-refractivity contribution in [1.29, 1.82) is 0 Å². The van der Waals surface area contributed by atoms with Gasteiger partial charge in [-0.15, -0.1) is 0 Å². The summed E-state index contributed by atoms with van der Waals surface area (Å²) < 4.78 is 2.88. The summed E-state index contributed by atoms with van der Waals surface area (Å²) in [5.74, 6) is 0.382. The van der Waals surface area contributed by atoms with Crippen LogP contribution in [-0.2, 0) is 0 Å². The lowest BCUT2D eigenvalue weighted by Crippen LogP contribution is -1.97. The molecule has 3 N–H and O–H groups in total. The number of hydrogen-bond donors (Lipinski definition) is 2. The predicted octanol–water partition coefficient (Wildman–Crippen LogP) is 4.25. The van der Waals surface area contributed by atoms with Crippen LogP contribution in [0.15, 0.2) is 62.7 Å². The molecule has 0 amide bonds. The Morgan fingerprint density at radius 1 is 1.17 bits per heavy atom. The summed E-state index contributed by atoms with van der Waals surface area (Å²) in [7, 11) is 0. The summed E-state index contributed by atoms with van der Waals surface area (Å²) in [5.41, 5.74) is 8.15. The molecule has 116 valence electrons. The van der Waals surface area contributed by atoms with Crippen molar-refractivity contribution in [3.05, 3.63) is 63.2 Å². The van der Waals surface area contributed by atoms with Crippen LogP contribution in [0.3, 0.4) is 0 Å². The zero-order chi connectivity index (χ0) is 16.4. The first-order valence-electron chi connectivity index (χ1n) is 6.67. The molecule has 0 spiro atoms. The van der Waals surface area contributed by atoms with Gasteiger partial charge < -0.3 is 10.8 Å². The monoisotopic (exact) mass is 434 g/mol. The lowest BCUT2D eigenvalue weighted by atomic mass is 10.2. The van der Waals surface area contributed by atoms with Crippen molar-refractivity contribution in [2.24, 2.45) is 5.10 Å². The molecule has 0 saturated carbocycles. The topological polar surface area (TPSA) is 76.4 Å². The molecule has 7 heteroatoms. The van der Waals surface area contributed by atoms with E-state index in [0.717, 1.165) is 15.7 Å². The zero-order valence-electron chi connectivity index (χ0n) is 11.8. The second-order valence-corrected chi connectivity index (χ2v) is 6.53. The first-order valence-corrected chi connectivity index (χ1v) is 8.26. The summed E-state index contributed by atoms with van der Waals surface area (Å²) in [6.07, 6.45) is 3.27. The molecule has 0 fully saturated rings. The number of aromatic hydroxyl groups is 1. The van der Waals surface area contributed by atoms with E-state index < -0.39 is 0 Å². The number of rotatable bonds is 3. The molecular formula is C16H12Br2N4O. The second-order valence-electron chi connectivity index (χ2n) is 4.76. The fraction of sp³-hybridized carbons (Fsp3) is 0. The molecule has 3 aromatic rings. The van der Waals surface area contributed by atoms with Crippen LogP contribution in [0.4, 0.5) is 5.95 Å². The van der Waals surface area contributed by atoms with Crippen molar-refractivity contribution in [1.82, 2.24) is 9.66 Å². The van der Waals surface area contributed by atoms with E-state index in [4.69, 9.17) is 5.73 Å². The number of phenols is 1. The van der Waals surface area contributed by atoms with Crippen LogP contribution < -0.4 is 5.73 Å². The third-order valence-corrected chi connectivity index (χ3v) is 4.23. The number of aromatic nitrogens is 2. The van der Waals surface area contributed by atoms with Crippen LogP contribution >= 0.6 is 31.9 Å². The van der Waals surface area contributed by atoms with Gasteiger partial charge in [0.1, 0.15) is 5.75 Å². The van der Waals surface area contributed by atoms with Gasteiger partial charge >= 0.3 is 0 Å². The molecule has 0 aliphatic rings. The number of anilines is 1. The van der Waals surface area contributed by atoms with Gasteiger partial charge in [0.15, 0.2) is 0 Å². The Labute approximate surface area is 149 Å². The number of benzene rings is 2. The van der Waals surface area contributed by atoms with Gasteiger partial charge in [-0.1, -0.05) is 46.3 Å². The lowest BCUT2D eigenvalue weighted by molar-refractivity contribution is 0.471. The quantitative estimate of drug-likeness (QED) is 0.604. The fourth-order valence-electron chi connectivity index (χ4n) is 2.03. The molecule has 5 nitrogen and oxygen atoms in total. The number of phenolic OH excluding ortho intramolecular Hbond substituents is 1. The maximum absolute atomic E-state index is 10.0. The van der Waals surface area contributed by atoms with Crippen LogP contribution in [0.5, 0.6) is 5.75 Å². The molecule has 0 aliphatic carbocycles. The van der Waals surface area contributed by atoms with Crippen molar-refractivity contribution in [2.45, 2.75) is 0 Å². The molecule has 1 heterocycles. The van der Waals surface area contributed by atoms with E-state index >= 15 is 0 Å².